The number of anilines is 1. The molecule has 0 fully saturated rings. The molecule has 6 nitrogen and oxygen atoms in total. The molecule has 6 heteroatoms. The van der Waals surface area contributed by atoms with Crippen molar-refractivity contribution in [1.82, 2.24) is 4.98 Å². The molecule has 0 aliphatic carbocycles. The van der Waals surface area contributed by atoms with E-state index in [4.69, 9.17) is 4.74 Å². The number of aromatic amines is 1. The van der Waals surface area contributed by atoms with E-state index in [2.05, 4.69) is 10.3 Å². The zero-order valence-electron chi connectivity index (χ0n) is 17.3. The molecule has 0 spiro atoms. The average Bonchev–Trinajstić information content (AvgIpc) is 3.07. The summed E-state index contributed by atoms with van der Waals surface area (Å²) in [5.41, 5.74) is 3.24. The van der Waals surface area contributed by atoms with Crippen LogP contribution in [0.3, 0.4) is 0 Å². The van der Waals surface area contributed by atoms with Gasteiger partial charge in [-0.05, 0) is 51.1 Å². The third kappa shape index (κ3) is 4.49. The van der Waals surface area contributed by atoms with Gasteiger partial charge in [-0.2, -0.15) is 0 Å². The van der Waals surface area contributed by atoms with Gasteiger partial charge in [-0.25, -0.2) is 0 Å². The Morgan fingerprint density at radius 3 is 2.48 bits per heavy atom. The summed E-state index contributed by atoms with van der Waals surface area (Å²) in [4.78, 5) is 30.0. The van der Waals surface area contributed by atoms with E-state index in [1.165, 1.54) is 0 Å². The van der Waals surface area contributed by atoms with Gasteiger partial charge < -0.3 is 19.9 Å². The predicted molar refractivity (Wildman–Crippen MR) is 115 cm³/mol. The maximum absolute atomic E-state index is 13.3. The number of hydrogen-bond acceptors (Lipinski definition) is 3. The van der Waals surface area contributed by atoms with Gasteiger partial charge in [0.25, 0.3) is 5.91 Å². The number of aryl methyl sites for hydroxylation is 1. The average molecular weight is 394 g/mol. The second-order valence-corrected chi connectivity index (χ2v) is 7.22. The van der Waals surface area contributed by atoms with Gasteiger partial charge in [-0.15, -0.1) is 0 Å². The van der Waals surface area contributed by atoms with Crippen molar-refractivity contribution < 1.29 is 19.2 Å². The van der Waals surface area contributed by atoms with Gasteiger partial charge in [-0.3, -0.25) is 9.59 Å². The molecule has 0 bridgehead atoms. The molecule has 29 heavy (non-hydrogen) atoms. The van der Waals surface area contributed by atoms with E-state index in [-0.39, 0.29) is 24.3 Å². The van der Waals surface area contributed by atoms with E-state index < -0.39 is 0 Å². The summed E-state index contributed by atoms with van der Waals surface area (Å²) in [6.07, 6.45) is 0. The summed E-state index contributed by atoms with van der Waals surface area (Å²) in [6.45, 7) is 6.69. The van der Waals surface area contributed by atoms with Crippen LogP contribution in [0.15, 0.2) is 48.5 Å². The number of H-pyrrole nitrogens is 1. The molecule has 3 N–H and O–H groups in total. The Morgan fingerprint density at radius 1 is 1.14 bits per heavy atom. The smallest absolute Gasteiger partial charge is 0.279 e. The van der Waals surface area contributed by atoms with Crippen LogP contribution in [0.1, 0.15) is 29.9 Å². The van der Waals surface area contributed by atoms with Gasteiger partial charge in [-0.1, -0.05) is 18.2 Å². The largest absolute Gasteiger partial charge is 0.497 e. The number of carbonyl (C=O) groups is 2. The molecule has 1 amide bonds. The van der Waals surface area contributed by atoms with Crippen LogP contribution in [0.25, 0.3) is 10.9 Å². The highest BCUT2D eigenvalue weighted by molar-refractivity contribution is 6.11. The van der Waals surface area contributed by atoms with Crippen molar-refractivity contribution in [3.8, 4) is 5.75 Å². The van der Waals surface area contributed by atoms with Crippen LogP contribution < -0.4 is 15.0 Å². The van der Waals surface area contributed by atoms with Crippen molar-refractivity contribution >= 4 is 28.3 Å². The molecule has 1 unspecified atom stereocenters. The van der Waals surface area contributed by atoms with E-state index in [0.29, 0.717) is 12.2 Å². The normalized spacial score (nSPS) is 13.1. The third-order valence-electron chi connectivity index (χ3n) is 5.36. The van der Waals surface area contributed by atoms with Crippen molar-refractivity contribution in [3.63, 3.8) is 0 Å². The number of aromatic nitrogens is 1. The second kappa shape index (κ2) is 8.92. The first-order valence-electron chi connectivity index (χ1n) is 9.84. The summed E-state index contributed by atoms with van der Waals surface area (Å²) in [7, 11) is 1.60. The fourth-order valence-corrected chi connectivity index (χ4v) is 3.67. The zero-order chi connectivity index (χ0) is 21.0. The fourth-order valence-electron chi connectivity index (χ4n) is 3.67. The highest BCUT2D eigenvalue weighted by Crippen LogP contribution is 2.22. The standard InChI is InChI=1S/C23H27N3O3/c1-5-26(14-21(27)25-17-10-12-18(29-4)13-11-17)16(3)23(28)22-15(2)24-20-9-7-6-8-19(20)22/h6-13,16,24H,5,14H2,1-4H3,(H,25,27)/p+1/t16-/m0/s1. The number of amides is 1. The van der Waals surface area contributed by atoms with Gasteiger partial charge in [0.1, 0.15) is 11.8 Å². The minimum absolute atomic E-state index is 0.0500. The Morgan fingerprint density at radius 2 is 1.83 bits per heavy atom. The lowest BCUT2D eigenvalue weighted by Crippen LogP contribution is -3.17. The lowest BCUT2D eigenvalue weighted by molar-refractivity contribution is -0.903. The van der Waals surface area contributed by atoms with Crippen LogP contribution in [-0.2, 0) is 4.79 Å². The monoisotopic (exact) mass is 394 g/mol. The molecule has 1 heterocycles. The number of Topliss-reactive ketones (excluding diaryl/α,β-unsaturated/α-hetero) is 1. The number of methoxy groups -OCH3 is 1. The molecule has 152 valence electrons. The Labute approximate surface area is 170 Å². The van der Waals surface area contributed by atoms with E-state index in [0.717, 1.165) is 32.8 Å². The van der Waals surface area contributed by atoms with Gasteiger partial charge in [0.2, 0.25) is 5.78 Å². The third-order valence-corrected chi connectivity index (χ3v) is 5.36. The molecule has 0 aliphatic heterocycles. The Kier molecular flexibility index (Phi) is 6.34. The van der Waals surface area contributed by atoms with Crippen molar-refractivity contribution in [2.75, 3.05) is 25.5 Å². The summed E-state index contributed by atoms with van der Waals surface area (Å²) in [6, 6.07) is 14.7. The van der Waals surface area contributed by atoms with Crippen LogP contribution in [0.5, 0.6) is 5.75 Å². The number of fused-ring (bicyclic) bond motifs is 1. The zero-order valence-corrected chi connectivity index (χ0v) is 17.3. The van der Waals surface area contributed by atoms with Gasteiger partial charge >= 0.3 is 0 Å². The predicted octanol–water partition coefficient (Wildman–Crippen LogP) is 2.60. The Hall–Kier alpha value is -3.12. The SMILES string of the molecule is CC[NH+](CC(=O)Nc1ccc(OC)cc1)[C@@H](C)C(=O)c1c(C)[nH]c2ccccc12. The Bertz CT molecular complexity index is 1010. The lowest BCUT2D eigenvalue weighted by Gasteiger charge is -2.23. The minimum atomic E-state index is -0.334. The van der Waals surface area contributed by atoms with E-state index in [1.54, 1.807) is 31.4 Å². The number of hydrogen-bond donors (Lipinski definition) is 3. The minimum Gasteiger partial charge on any atom is -0.497 e. The van der Waals surface area contributed by atoms with Crippen LogP contribution in [0, 0.1) is 6.92 Å². The molecule has 3 aromatic rings. The molecule has 2 atom stereocenters. The number of ketones is 1. The van der Waals surface area contributed by atoms with E-state index in [9.17, 15) is 9.59 Å². The van der Waals surface area contributed by atoms with Crippen molar-refractivity contribution in [3.05, 3.63) is 59.8 Å². The highest BCUT2D eigenvalue weighted by Gasteiger charge is 2.29. The quantitative estimate of drug-likeness (QED) is 0.514. The molecule has 0 saturated carbocycles. The van der Waals surface area contributed by atoms with Gasteiger partial charge in [0, 0.05) is 22.3 Å². The van der Waals surface area contributed by atoms with Crippen LogP contribution in [0.4, 0.5) is 5.69 Å². The van der Waals surface area contributed by atoms with Crippen LogP contribution in [-0.4, -0.2) is 42.9 Å². The van der Waals surface area contributed by atoms with Gasteiger partial charge in [0.05, 0.1) is 19.2 Å². The first kappa shape index (κ1) is 20.6. The maximum Gasteiger partial charge on any atom is 0.279 e. The first-order chi connectivity index (χ1) is 13.9. The Balaban J connectivity index is 1.72. The van der Waals surface area contributed by atoms with Crippen molar-refractivity contribution in [2.24, 2.45) is 0 Å². The molecular weight excluding hydrogens is 366 g/mol. The summed E-state index contributed by atoms with van der Waals surface area (Å²) in [5.74, 6) is 0.661. The molecule has 2 aromatic carbocycles. The second-order valence-electron chi connectivity index (χ2n) is 7.22. The van der Waals surface area contributed by atoms with E-state index >= 15 is 0 Å². The summed E-state index contributed by atoms with van der Waals surface area (Å²) >= 11 is 0. The lowest BCUT2D eigenvalue weighted by atomic mass is 10.0. The van der Waals surface area contributed by atoms with Crippen molar-refractivity contribution in [2.45, 2.75) is 26.8 Å². The number of quaternary nitrogens is 1. The number of rotatable bonds is 8. The number of ether oxygens (including phenoxy) is 1. The summed E-state index contributed by atoms with van der Waals surface area (Å²) in [5, 5.41) is 3.83. The first-order valence-corrected chi connectivity index (χ1v) is 9.84. The number of carbonyl (C=O) groups excluding carboxylic acids is 2. The topological polar surface area (TPSA) is 75.6 Å². The van der Waals surface area contributed by atoms with Crippen LogP contribution in [0.2, 0.25) is 0 Å². The number of para-hydroxylation sites is 1. The molecule has 1 aromatic heterocycles. The number of nitrogens with one attached hydrogen (secondary N) is 3. The summed E-state index contributed by atoms with van der Waals surface area (Å²) < 4.78 is 5.13. The van der Waals surface area contributed by atoms with E-state index in [1.807, 2.05) is 45.0 Å². The molecular formula is C23H28N3O3+. The molecule has 0 aliphatic rings. The fraction of sp³-hybridized carbons (Fsp3) is 0.304. The van der Waals surface area contributed by atoms with Gasteiger partial charge in [0.15, 0.2) is 6.54 Å². The van der Waals surface area contributed by atoms with Crippen LogP contribution >= 0.6 is 0 Å². The highest BCUT2D eigenvalue weighted by atomic mass is 16.5. The number of benzene rings is 2. The molecule has 3 rings (SSSR count). The molecule has 0 saturated heterocycles. The molecule has 0 radical (unpaired) electrons. The maximum atomic E-state index is 13.3. The number of likely N-dealkylation sites (N-methyl/N-ethyl adjacent to an activating group) is 1. The van der Waals surface area contributed by atoms with Crippen molar-refractivity contribution in [1.29, 1.82) is 0 Å².